The first-order valence-electron chi connectivity index (χ1n) is 8.07. The SMILES string of the molecule is CC1(c2ccc(Nc3ncc(Cl)c(NC4CC4)n3)cc2)OCCO1. The predicted octanol–water partition coefficient (Wildman–Crippen LogP) is 3.67. The quantitative estimate of drug-likeness (QED) is 0.861. The lowest BCUT2D eigenvalue weighted by molar-refractivity contribution is -0.149. The van der Waals surface area contributed by atoms with E-state index in [2.05, 4.69) is 20.6 Å². The molecule has 24 heavy (non-hydrogen) atoms. The van der Waals surface area contributed by atoms with Gasteiger partial charge in [0.05, 0.1) is 19.4 Å². The highest BCUT2D eigenvalue weighted by Crippen LogP contribution is 2.32. The summed E-state index contributed by atoms with van der Waals surface area (Å²) in [5.41, 5.74) is 1.87. The molecule has 126 valence electrons. The van der Waals surface area contributed by atoms with E-state index in [1.54, 1.807) is 6.20 Å². The van der Waals surface area contributed by atoms with Gasteiger partial charge >= 0.3 is 0 Å². The lowest BCUT2D eigenvalue weighted by atomic mass is 10.1. The normalized spacial score (nSPS) is 19.2. The molecule has 2 aromatic rings. The van der Waals surface area contributed by atoms with Gasteiger partial charge in [0.15, 0.2) is 11.6 Å². The van der Waals surface area contributed by atoms with Crippen LogP contribution in [0.15, 0.2) is 30.5 Å². The zero-order valence-electron chi connectivity index (χ0n) is 13.4. The van der Waals surface area contributed by atoms with Crippen LogP contribution in [0.1, 0.15) is 25.3 Å². The second-order valence-electron chi connectivity index (χ2n) is 6.15. The van der Waals surface area contributed by atoms with E-state index in [1.165, 1.54) is 0 Å². The van der Waals surface area contributed by atoms with Gasteiger partial charge in [0.1, 0.15) is 5.02 Å². The van der Waals surface area contributed by atoms with Gasteiger partial charge < -0.3 is 20.1 Å². The number of aromatic nitrogens is 2. The molecule has 1 saturated carbocycles. The van der Waals surface area contributed by atoms with E-state index in [4.69, 9.17) is 21.1 Å². The van der Waals surface area contributed by atoms with E-state index in [1.807, 2.05) is 31.2 Å². The molecule has 2 fully saturated rings. The molecule has 2 aliphatic rings. The Balaban J connectivity index is 1.48. The van der Waals surface area contributed by atoms with Crippen LogP contribution in [0.3, 0.4) is 0 Å². The maximum Gasteiger partial charge on any atom is 0.229 e. The Bertz CT molecular complexity index is 728. The second kappa shape index (κ2) is 6.20. The minimum atomic E-state index is -0.656. The van der Waals surface area contributed by atoms with Gasteiger partial charge in [0.2, 0.25) is 5.95 Å². The van der Waals surface area contributed by atoms with Crippen LogP contribution in [-0.2, 0) is 15.3 Å². The highest BCUT2D eigenvalue weighted by Gasteiger charge is 2.32. The second-order valence-corrected chi connectivity index (χ2v) is 6.56. The van der Waals surface area contributed by atoms with Crippen molar-refractivity contribution in [3.8, 4) is 0 Å². The topological polar surface area (TPSA) is 68.3 Å². The molecule has 1 aromatic heterocycles. The van der Waals surface area contributed by atoms with E-state index < -0.39 is 5.79 Å². The monoisotopic (exact) mass is 346 g/mol. The molecule has 0 amide bonds. The first-order chi connectivity index (χ1) is 11.6. The number of hydrogen-bond donors (Lipinski definition) is 2. The van der Waals surface area contributed by atoms with Crippen molar-refractivity contribution in [3.63, 3.8) is 0 Å². The summed E-state index contributed by atoms with van der Waals surface area (Å²) in [4.78, 5) is 8.68. The van der Waals surface area contributed by atoms with Crippen molar-refractivity contribution in [1.29, 1.82) is 0 Å². The Morgan fingerprint density at radius 3 is 2.54 bits per heavy atom. The maximum absolute atomic E-state index is 6.14. The van der Waals surface area contributed by atoms with Crippen LogP contribution >= 0.6 is 11.6 Å². The van der Waals surface area contributed by atoms with Crippen LogP contribution in [0.4, 0.5) is 17.5 Å². The molecular formula is C17H19ClN4O2. The molecule has 1 aromatic carbocycles. The highest BCUT2D eigenvalue weighted by atomic mass is 35.5. The van der Waals surface area contributed by atoms with Crippen LogP contribution in [0.2, 0.25) is 5.02 Å². The third-order valence-corrected chi connectivity index (χ3v) is 4.44. The Labute approximate surface area is 145 Å². The summed E-state index contributed by atoms with van der Waals surface area (Å²) in [6, 6.07) is 8.35. The molecule has 2 N–H and O–H groups in total. The summed E-state index contributed by atoms with van der Waals surface area (Å²) in [5, 5.41) is 7.03. The van der Waals surface area contributed by atoms with Crippen LogP contribution in [0, 0.1) is 0 Å². The molecule has 7 heteroatoms. The number of benzene rings is 1. The third-order valence-electron chi connectivity index (χ3n) is 4.17. The molecule has 1 aliphatic carbocycles. The number of ether oxygens (including phenoxy) is 2. The zero-order chi connectivity index (χ0) is 16.6. The van der Waals surface area contributed by atoms with Gasteiger partial charge in [-0.15, -0.1) is 0 Å². The van der Waals surface area contributed by atoms with Crippen molar-refractivity contribution >= 4 is 29.1 Å². The van der Waals surface area contributed by atoms with Crippen LogP contribution in [0.5, 0.6) is 0 Å². The minimum absolute atomic E-state index is 0.483. The van der Waals surface area contributed by atoms with E-state index in [0.29, 0.717) is 36.0 Å². The van der Waals surface area contributed by atoms with Crippen LogP contribution in [0.25, 0.3) is 0 Å². The maximum atomic E-state index is 6.14. The number of halogens is 1. The Morgan fingerprint density at radius 2 is 1.88 bits per heavy atom. The Kier molecular flexibility index (Phi) is 4.04. The molecule has 2 heterocycles. The summed E-state index contributed by atoms with van der Waals surface area (Å²) < 4.78 is 11.3. The van der Waals surface area contributed by atoms with Gasteiger partial charge in [-0.25, -0.2) is 4.98 Å². The van der Waals surface area contributed by atoms with Gasteiger partial charge in [0.25, 0.3) is 0 Å². The zero-order valence-corrected chi connectivity index (χ0v) is 14.1. The molecule has 0 radical (unpaired) electrons. The summed E-state index contributed by atoms with van der Waals surface area (Å²) in [5.74, 6) is 0.528. The van der Waals surface area contributed by atoms with Crippen molar-refractivity contribution in [1.82, 2.24) is 9.97 Å². The van der Waals surface area contributed by atoms with Crippen molar-refractivity contribution in [2.75, 3.05) is 23.8 Å². The molecule has 0 atom stereocenters. The van der Waals surface area contributed by atoms with E-state index >= 15 is 0 Å². The molecule has 4 rings (SSSR count). The number of rotatable bonds is 5. The van der Waals surface area contributed by atoms with Crippen LogP contribution in [-0.4, -0.2) is 29.2 Å². The number of hydrogen-bond acceptors (Lipinski definition) is 6. The predicted molar refractivity (Wildman–Crippen MR) is 92.7 cm³/mol. The fourth-order valence-corrected chi connectivity index (χ4v) is 2.76. The van der Waals surface area contributed by atoms with Crippen molar-refractivity contribution in [3.05, 3.63) is 41.0 Å². The van der Waals surface area contributed by atoms with Gasteiger partial charge in [-0.2, -0.15) is 4.98 Å². The summed E-state index contributed by atoms with van der Waals surface area (Å²) in [7, 11) is 0. The number of anilines is 3. The fraction of sp³-hybridized carbons (Fsp3) is 0.412. The van der Waals surface area contributed by atoms with Crippen molar-refractivity contribution in [2.45, 2.75) is 31.6 Å². The number of nitrogens with one attached hydrogen (secondary N) is 2. The molecule has 1 saturated heterocycles. The van der Waals surface area contributed by atoms with E-state index in [9.17, 15) is 0 Å². The Morgan fingerprint density at radius 1 is 1.17 bits per heavy atom. The van der Waals surface area contributed by atoms with Gasteiger partial charge in [-0.3, -0.25) is 0 Å². The minimum Gasteiger partial charge on any atom is -0.366 e. The lowest BCUT2D eigenvalue weighted by Gasteiger charge is -2.22. The smallest absolute Gasteiger partial charge is 0.229 e. The van der Waals surface area contributed by atoms with Gasteiger partial charge in [0, 0.05) is 17.3 Å². The van der Waals surface area contributed by atoms with Gasteiger partial charge in [-0.05, 0) is 31.9 Å². The fourth-order valence-electron chi connectivity index (χ4n) is 2.62. The first-order valence-corrected chi connectivity index (χ1v) is 8.45. The number of nitrogens with zero attached hydrogens (tertiary/aromatic N) is 2. The lowest BCUT2D eigenvalue weighted by Crippen LogP contribution is -2.22. The largest absolute Gasteiger partial charge is 0.366 e. The molecule has 0 spiro atoms. The summed E-state index contributed by atoms with van der Waals surface area (Å²) in [6.07, 6.45) is 3.93. The first kappa shape index (κ1) is 15.6. The average molecular weight is 347 g/mol. The summed E-state index contributed by atoms with van der Waals surface area (Å²) >= 11 is 6.14. The highest BCUT2D eigenvalue weighted by molar-refractivity contribution is 6.32. The molecule has 0 unspecified atom stereocenters. The van der Waals surface area contributed by atoms with Crippen molar-refractivity contribution in [2.24, 2.45) is 0 Å². The average Bonchev–Trinajstić information content (AvgIpc) is 3.29. The van der Waals surface area contributed by atoms with Gasteiger partial charge in [-0.1, -0.05) is 23.7 Å². The molecule has 1 aliphatic heterocycles. The van der Waals surface area contributed by atoms with Crippen molar-refractivity contribution < 1.29 is 9.47 Å². The molecule has 6 nitrogen and oxygen atoms in total. The summed E-state index contributed by atoms with van der Waals surface area (Å²) in [6.45, 7) is 3.17. The third kappa shape index (κ3) is 3.31. The molecular weight excluding hydrogens is 328 g/mol. The van der Waals surface area contributed by atoms with Crippen LogP contribution < -0.4 is 10.6 Å². The van der Waals surface area contributed by atoms with E-state index in [0.717, 1.165) is 24.1 Å². The van der Waals surface area contributed by atoms with E-state index in [-0.39, 0.29) is 0 Å². The Hall–Kier alpha value is -1.89. The standard InChI is InChI=1S/C17H19ClN4O2/c1-17(23-8-9-24-17)11-2-4-13(5-3-11)21-16-19-10-14(18)15(22-16)20-12-6-7-12/h2-5,10,12H,6-9H2,1H3,(H2,19,20,21,22). The molecule has 0 bridgehead atoms.